The van der Waals surface area contributed by atoms with E-state index in [0.717, 1.165) is 19.3 Å². The Kier molecular flexibility index (Phi) is 9.86. The van der Waals surface area contributed by atoms with Gasteiger partial charge in [0.2, 0.25) is 0 Å². The van der Waals surface area contributed by atoms with Crippen molar-refractivity contribution < 1.29 is 21.9 Å². The fourth-order valence-electron chi connectivity index (χ4n) is 2.27. The Bertz CT molecular complexity index is 391. The van der Waals surface area contributed by atoms with Gasteiger partial charge in [-0.1, -0.05) is 65.2 Å². The lowest BCUT2D eigenvalue weighted by atomic mass is 9.82. The molecule has 0 aromatic carbocycles. The number of unbranched alkanes of at least 4 members (excludes halogenated alkanes) is 7. The van der Waals surface area contributed by atoms with Crippen molar-refractivity contribution in [1.82, 2.24) is 0 Å². The molecule has 6 heteroatoms. The zero-order valence-electron chi connectivity index (χ0n) is 13.6. The van der Waals surface area contributed by atoms with Crippen molar-refractivity contribution in [3.8, 4) is 0 Å². The van der Waals surface area contributed by atoms with Gasteiger partial charge >= 0.3 is 16.4 Å². The fraction of sp³-hybridized carbons (Fsp3) is 0.933. The molecule has 0 rings (SSSR count). The molecule has 0 fully saturated rings. The second kappa shape index (κ2) is 10.2. The topological polar surface area (TPSA) is 80.7 Å². The maximum absolute atomic E-state index is 11.8. The molecule has 126 valence electrons. The van der Waals surface area contributed by atoms with E-state index in [2.05, 4.69) is 11.1 Å². The summed E-state index contributed by atoms with van der Waals surface area (Å²) >= 11 is 0. The minimum Gasteiger partial charge on any atom is -0.324 e. The second-order valence-corrected chi connectivity index (χ2v) is 6.96. The van der Waals surface area contributed by atoms with E-state index in [1.165, 1.54) is 32.1 Å². The predicted octanol–water partition coefficient (Wildman–Crippen LogP) is 4.28. The Morgan fingerprint density at radius 3 is 1.90 bits per heavy atom. The largest absolute Gasteiger partial charge is 0.448 e. The lowest BCUT2D eigenvalue weighted by molar-refractivity contribution is -0.145. The van der Waals surface area contributed by atoms with Crippen LogP contribution in [0.2, 0.25) is 0 Å². The molecule has 0 spiro atoms. The molecule has 0 saturated heterocycles. The summed E-state index contributed by atoms with van der Waals surface area (Å²) in [5.74, 6) is -0.865. The van der Waals surface area contributed by atoms with Gasteiger partial charge in [-0.05, 0) is 19.8 Å². The van der Waals surface area contributed by atoms with Gasteiger partial charge in [0.1, 0.15) is 0 Å². The number of carbonyl (C=O) groups is 1. The quantitative estimate of drug-likeness (QED) is 0.428. The van der Waals surface area contributed by atoms with Crippen molar-refractivity contribution in [1.29, 1.82) is 0 Å². The molecule has 1 N–H and O–H groups in total. The highest BCUT2D eigenvalue weighted by atomic mass is 32.3. The molecule has 0 radical (unpaired) electrons. The average Bonchev–Trinajstić information content (AvgIpc) is 2.39. The Morgan fingerprint density at radius 1 is 1.00 bits per heavy atom. The first-order chi connectivity index (χ1) is 9.75. The summed E-state index contributed by atoms with van der Waals surface area (Å²) < 4.78 is 33.9. The minimum absolute atomic E-state index is 0.484. The van der Waals surface area contributed by atoms with Crippen LogP contribution >= 0.6 is 0 Å². The molecule has 1 unspecified atom stereocenters. The summed E-state index contributed by atoms with van der Waals surface area (Å²) in [6.07, 6.45) is 10.4. The van der Waals surface area contributed by atoms with Crippen molar-refractivity contribution in [2.75, 3.05) is 0 Å². The molecule has 1 atom stereocenters. The highest BCUT2D eigenvalue weighted by molar-refractivity contribution is 7.81. The maximum atomic E-state index is 11.8. The Morgan fingerprint density at radius 2 is 1.48 bits per heavy atom. The molecule has 0 amide bonds. The smallest absolute Gasteiger partial charge is 0.324 e. The Hall–Kier alpha value is -0.620. The molecular weight excluding hydrogens is 292 g/mol. The molecule has 21 heavy (non-hydrogen) atoms. The summed E-state index contributed by atoms with van der Waals surface area (Å²) in [6, 6.07) is 0. The minimum atomic E-state index is -4.71. The van der Waals surface area contributed by atoms with Crippen LogP contribution in [0.4, 0.5) is 0 Å². The number of hydrogen-bond donors (Lipinski definition) is 1. The third-order valence-corrected chi connectivity index (χ3v) is 4.40. The molecule has 0 aliphatic heterocycles. The Balaban J connectivity index is 4.00. The normalized spacial score (nSPS) is 14.7. The third-order valence-electron chi connectivity index (χ3n) is 4.04. The van der Waals surface area contributed by atoms with E-state index in [1.54, 1.807) is 6.92 Å². The second-order valence-electron chi connectivity index (χ2n) is 5.94. The summed E-state index contributed by atoms with van der Waals surface area (Å²) in [5.41, 5.74) is -0.849. The lowest BCUT2D eigenvalue weighted by Gasteiger charge is -2.24. The van der Waals surface area contributed by atoms with Crippen LogP contribution in [0.25, 0.3) is 0 Å². The lowest BCUT2D eigenvalue weighted by Crippen LogP contribution is -2.31. The van der Waals surface area contributed by atoms with Crippen LogP contribution in [0.3, 0.4) is 0 Å². The molecule has 0 bridgehead atoms. The molecule has 0 aliphatic carbocycles. The van der Waals surface area contributed by atoms with E-state index in [1.807, 2.05) is 6.92 Å². The summed E-state index contributed by atoms with van der Waals surface area (Å²) in [5, 5.41) is 0. The molecule has 0 aliphatic rings. The van der Waals surface area contributed by atoms with Crippen LogP contribution in [0.5, 0.6) is 0 Å². The van der Waals surface area contributed by atoms with E-state index >= 15 is 0 Å². The van der Waals surface area contributed by atoms with E-state index in [9.17, 15) is 13.2 Å². The van der Waals surface area contributed by atoms with E-state index in [-0.39, 0.29) is 0 Å². The highest BCUT2D eigenvalue weighted by Crippen LogP contribution is 2.30. The van der Waals surface area contributed by atoms with Crippen LogP contribution in [0.15, 0.2) is 0 Å². The van der Waals surface area contributed by atoms with Gasteiger partial charge in [0.25, 0.3) is 0 Å². The van der Waals surface area contributed by atoms with E-state index in [0.29, 0.717) is 12.8 Å². The van der Waals surface area contributed by atoms with Crippen molar-refractivity contribution in [2.45, 2.75) is 85.0 Å². The van der Waals surface area contributed by atoms with Crippen LogP contribution in [-0.2, 0) is 19.4 Å². The molecule has 0 saturated carbocycles. The number of carbonyl (C=O) groups excluding carboxylic acids is 1. The van der Waals surface area contributed by atoms with Crippen LogP contribution < -0.4 is 0 Å². The first-order valence-electron chi connectivity index (χ1n) is 7.96. The molecule has 0 heterocycles. The molecular formula is C15H30O5S. The third kappa shape index (κ3) is 9.85. The monoisotopic (exact) mass is 322 g/mol. The standard InChI is InChI=1S/C15H30O5S/c1-4-6-7-8-9-10-11-12-13-15(3,5-2)14(16)20-21(17,18)19/h4-13H2,1-3H3,(H,17,18,19). The summed E-state index contributed by atoms with van der Waals surface area (Å²) in [6.45, 7) is 5.69. The van der Waals surface area contributed by atoms with E-state index in [4.69, 9.17) is 4.55 Å². The van der Waals surface area contributed by atoms with Gasteiger partial charge in [0.05, 0.1) is 5.41 Å². The summed E-state index contributed by atoms with van der Waals surface area (Å²) in [7, 11) is -4.71. The molecule has 0 aromatic heterocycles. The number of rotatable bonds is 12. The zero-order chi connectivity index (χ0) is 16.4. The summed E-state index contributed by atoms with van der Waals surface area (Å²) in [4.78, 5) is 11.8. The van der Waals surface area contributed by atoms with Crippen LogP contribution in [-0.4, -0.2) is 18.9 Å². The predicted molar refractivity (Wildman–Crippen MR) is 83.3 cm³/mol. The van der Waals surface area contributed by atoms with Gasteiger partial charge < -0.3 is 4.18 Å². The van der Waals surface area contributed by atoms with Crippen molar-refractivity contribution in [3.05, 3.63) is 0 Å². The van der Waals surface area contributed by atoms with Crippen molar-refractivity contribution >= 4 is 16.4 Å². The van der Waals surface area contributed by atoms with Gasteiger partial charge in [0.15, 0.2) is 0 Å². The Labute approximate surface area is 129 Å². The van der Waals surface area contributed by atoms with Crippen LogP contribution in [0, 0.1) is 5.41 Å². The fourth-order valence-corrected chi connectivity index (χ4v) is 2.66. The van der Waals surface area contributed by atoms with Gasteiger partial charge in [-0.25, -0.2) is 0 Å². The van der Waals surface area contributed by atoms with Gasteiger partial charge in [-0.3, -0.25) is 9.35 Å². The first-order valence-corrected chi connectivity index (χ1v) is 9.33. The van der Waals surface area contributed by atoms with Crippen molar-refractivity contribution in [3.63, 3.8) is 0 Å². The first kappa shape index (κ1) is 20.4. The molecule has 0 aromatic rings. The van der Waals surface area contributed by atoms with Gasteiger partial charge in [-0.2, -0.15) is 8.42 Å². The van der Waals surface area contributed by atoms with Crippen molar-refractivity contribution in [2.24, 2.45) is 5.41 Å². The van der Waals surface area contributed by atoms with Gasteiger partial charge in [-0.15, -0.1) is 0 Å². The SMILES string of the molecule is CCCCCCCCCCC(C)(CC)C(=O)OS(=O)(=O)O. The highest BCUT2D eigenvalue weighted by Gasteiger charge is 2.35. The molecule has 5 nitrogen and oxygen atoms in total. The van der Waals surface area contributed by atoms with E-state index < -0.39 is 21.8 Å². The van der Waals surface area contributed by atoms with Crippen LogP contribution in [0.1, 0.15) is 85.0 Å². The average molecular weight is 322 g/mol. The zero-order valence-corrected chi connectivity index (χ0v) is 14.4. The maximum Gasteiger partial charge on any atom is 0.448 e. The number of hydrogen-bond acceptors (Lipinski definition) is 4. The van der Waals surface area contributed by atoms with Gasteiger partial charge in [0, 0.05) is 0 Å².